The summed E-state index contributed by atoms with van der Waals surface area (Å²) in [5, 5.41) is 13.5. The van der Waals surface area contributed by atoms with Crippen LogP contribution in [0.5, 0.6) is 11.5 Å². The molecule has 40 heavy (non-hydrogen) atoms. The lowest BCUT2D eigenvalue weighted by Gasteiger charge is -2.37. The van der Waals surface area contributed by atoms with Gasteiger partial charge >= 0.3 is 0 Å². The van der Waals surface area contributed by atoms with E-state index in [0.717, 1.165) is 37.6 Å². The van der Waals surface area contributed by atoms with E-state index in [2.05, 4.69) is 52.1 Å². The number of ether oxygens (including phenoxy) is 2. The molecule has 218 valence electrons. The third-order valence-electron chi connectivity index (χ3n) is 7.53. The van der Waals surface area contributed by atoms with E-state index in [1.807, 2.05) is 36.6 Å². The number of rotatable bonds is 7. The van der Waals surface area contributed by atoms with E-state index < -0.39 is 6.10 Å². The number of aliphatic hydroxyl groups excluding tert-OH is 1. The fraction of sp³-hybridized carbons (Fsp3) is 0.448. The van der Waals surface area contributed by atoms with Gasteiger partial charge in [0, 0.05) is 51.0 Å². The first kappa shape index (κ1) is 31.5. The minimum atomic E-state index is -0.660. The molecule has 1 fully saturated rings. The molecule has 1 aromatic heterocycles. The van der Waals surface area contributed by atoms with Crippen molar-refractivity contribution in [3.63, 3.8) is 0 Å². The molecule has 2 N–H and O–H groups in total. The van der Waals surface area contributed by atoms with Gasteiger partial charge in [0.2, 0.25) is 0 Å². The van der Waals surface area contributed by atoms with Crippen LogP contribution in [0.25, 0.3) is 5.69 Å². The summed E-state index contributed by atoms with van der Waals surface area (Å²) in [4.78, 5) is 22.2. The Bertz CT molecular complexity index is 1320. The quantitative estimate of drug-likeness (QED) is 0.433. The maximum absolute atomic E-state index is 13.0. The zero-order valence-corrected chi connectivity index (χ0v) is 25.1. The molecule has 1 atom stereocenters. The average molecular weight is 593 g/mol. The zero-order valence-electron chi connectivity index (χ0n) is 23.5. The normalized spacial score (nSPS) is 15.6. The van der Waals surface area contributed by atoms with Crippen molar-refractivity contribution in [3.05, 3.63) is 64.7 Å². The molecule has 11 heteroatoms. The summed E-state index contributed by atoms with van der Waals surface area (Å²) in [6.07, 6.45) is -0.660. The molecule has 0 spiro atoms. The highest BCUT2D eigenvalue weighted by atomic mass is 35.5. The van der Waals surface area contributed by atoms with Crippen molar-refractivity contribution in [2.24, 2.45) is 0 Å². The van der Waals surface area contributed by atoms with Crippen molar-refractivity contribution >= 4 is 36.4 Å². The summed E-state index contributed by atoms with van der Waals surface area (Å²) in [5.74, 6) is 1.81. The van der Waals surface area contributed by atoms with Crippen LogP contribution in [0.1, 0.15) is 33.1 Å². The van der Waals surface area contributed by atoms with Crippen LogP contribution in [0, 0.1) is 27.7 Å². The first-order chi connectivity index (χ1) is 18.3. The van der Waals surface area contributed by atoms with E-state index in [1.165, 1.54) is 16.8 Å². The monoisotopic (exact) mass is 591 g/mol. The van der Waals surface area contributed by atoms with Gasteiger partial charge in [-0.15, -0.1) is 24.8 Å². The van der Waals surface area contributed by atoms with Crippen LogP contribution >= 0.6 is 24.8 Å². The van der Waals surface area contributed by atoms with Crippen LogP contribution in [0.15, 0.2) is 36.4 Å². The molecule has 0 saturated carbocycles. The third kappa shape index (κ3) is 6.66. The predicted molar refractivity (Wildman–Crippen MR) is 161 cm³/mol. The van der Waals surface area contributed by atoms with Gasteiger partial charge in [-0.2, -0.15) is 0 Å². The van der Waals surface area contributed by atoms with Gasteiger partial charge in [-0.3, -0.25) is 9.69 Å². The summed E-state index contributed by atoms with van der Waals surface area (Å²) >= 11 is 0. The molecule has 3 heterocycles. The second-order valence-corrected chi connectivity index (χ2v) is 10.1. The standard InChI is InChI=1S/C29H37N5O4.2ClH/c1-19-6-5-7-25(20(19)2)33-12-10-32(11-13-33)18-24(35)17-30-29(36)28-21(3)34(22(4)31-28)23-8-9-26-27(16-23)38-15-14-37-26;;/h5-9,16,24,35H,10-15,17-18H2,1-4H3,(H,30,36);2*1H/t24-;;/m1../s1. The number of aliphatic hydroxyl groups is 1. The molecule has 9 nitrogen and oxygen atoms in total. The highest BCUT2D eigenvalue weighted by molar-refractivity contribution is 5.93. The number of nitrogens with one attached hydrogen (secondary N) is 1. The van der Waals surface area contributed by atoms with Crippen molar-refractivity contribution in [2.45, 2.75) is 33.8 Å². The lowest BCUT2D eigenvalue weighted by atomic mass is 10.1. The first-order valence-electron chi connectivity index (χ1n) is 13.3. The molecule has 0 bridgehead atoms. The molecule has 0 unspecified atom stereocenters. The van der Waals surface area contributed by atoms with Crippen molar-refractivity contribution in [3.8, 4) is 17.2 Å². The number of piperazine rings is 1. The number of carbonyl (C=O) groups is 1. The van der Waals surface area contributed by atoms with Crippen LogP contribution in [0.2, 0.25) is 0 Å². The van der Waals surface area contributed by atoms with E-state index in [4.69, 9.17) is 9.47 Å². The molecule has 1 amide bonds. The molecule has 1 saturated heterocycles. The summed E-state index contributed by atoms with van der Waals surface area (Å²) in [6, 6.07) is 12.1. The highest BCUT2D eigenvalue weighted by Gasteiger charge is 2.23. The Hall–Kier alpha value is -2.98. The summed E-state index contributed by atoms with van der Waals surface area (Å²) in [7, 11) is 0. The largest absolute Gasteiger partial charge is 0.486 e. The molecule has 2 aliphatic heterocycles. The molecule has 3 aromatic rings. The summed E-state index contributed by atoms with van der Waals surface area (Å²) in [6.45, 7) is 13.4. The van der Waals surface area contributed by atoms with Crippen LogP contribution in [0.4, 0.5) is 5.69 Å². The van der Waals surface area contributed by atoms with Crippen LogP contribution in [-0.4, -0.2) is 84.1 Å². The lowest BCUT2D eigenvalue weighted by molar-refractivity contribution is 0.0847. The molecule has 0 radical (unpaired) electrons. The average Bonchev–Trinajstić information content (AvgIpc) is 3.22. The molecule has 0 aliphatic carbocycles. The number of benzene rings is 2. The Morgan fingerprint density at radius 3 is 2.42 bits per heavy atom. The van der Waals surface area contributed by atoms with Gasteiger partial charge in [0.15, 0.2) is 11.5 Å². The Labute approximate surface area is 248 Å². The number of β-amino-alcohol motifs (C(OH)–C–C–N with tert-alkyl or cyclic N) is 1. The van der Waals surface area contributed by atoms with Gasteiger partial charge in [0.05, 0.1) is 17.5 Å². The second-order valence-electron chi connectivity index (χ2n) is 10.1. The molecular weight excluding hydrogens is 553 g/mol. The maximum Gasteiger partial charge on any atom is 0.271 e. The Morgan fingerprint density at radius 2 is 1.70 bits per heavy atom. The highest BCUT2D eigenvalue weighted by Crippen LogP contribution is 2.33. The number of amides is 1. The number of imidazole rings is 1. The Kier molecular flexibility index (Phi) is 10.7. The minimum Gasteiger partial charge on any atom is -0.486 e. The minimum absolute atomic E-state index is 0. The Balaban J connectivity index is 0.00000220. The smallest absolute Gasteiger partial charge is 0.271 e. The number of carbonyl (C=O) groups excluding carboxylic acids is 1. The topological polar surface area (TPSA) is 92.1 Å². The summed E-state index contributed by atoms with van der Waals surface area (Å²) in [5.41, 5.74) is 5.86. The second kappa shape index (κ2) is 13.6. The first-order valence-corrected chi connectivity index (χ1v) is 13.3. The molecular formula is C29H39Cl2N5O4. The number of anilines is 1. The maximum atomic E-state index is 13.0. The molecule has 5 rings (SSSR count). The van der Waals surface area contributed by atoms with Gasteiger partial charge in [-0.25, -0.2) is 4.98 Å². The van der Waals surface area contributed by atoms with Gasteiger partial charge in [-0.05, 0) is 57.0 Å². The third-order valence-corrected chi connectivity index (χ3v) is 7.53. The van der Waals surface area contributed by atoms with Gasteiger partial charge < -0.3 is 29.4 Å². The Morgan fingerprint density at radius 1 is 1.00 bits per heavy atom. The molecule has 2 aromatic carbocycles. The van der Waals surface area contributed by atoms with Crippen molar-refractivity contribution in [2.75, 3.05) is 57.4 Å². The van der Waals surface area contributed by atoms with Crippen molar-refractivity contribution in [1.29, 1.82) is 0 Å². The van der Waals surface area contributed by atoms with Gasteiger partial charge in [-0.1, -0.05) is 12.1 Å². The van der Waals surface area contributed by atoms with E-state index >= 15 is 0 Å². The van der Waals surface area contributed by atoms with Crippen LogP contribution in [-0.2, 0) is 0 Å². The number of nitrogens with zero attached hydrogens (tertiary/aromatic N) is 4. The number of fused-ring (bicyclic) bond motifs is 1. The van der Waals surface area contributed by atoms with E-state index in [-0.39, 0.29) is 37.3 Å². The number of hydrogen-bond donors (Lipinski definition) is 2. The number of hydrogen-bond acceptors (Lipinski definition) is 7. The van der Waals surface area contributed by atoms with Crippen LogP contribution in [0.3, 0.4) is 0 Å². The predicted octanol–water partition coefficient (Wildman–Crippen LogP) is 3.63. The molecule has 2 aliphatic rings. The fourth-order valence-electron chi connectivity index (χ4n) is 5.31. The van der Waals surface area contributed by atoms with Gasteiger partial charge in [0.1, 0.15) is 24.7 Å². The zero-order chi connectivity index (χ0) is 26.8. The number of aryl methyl sites for hydroxylation is 2. The fourth-order valence-corrected chi connectivity index (χ4v) is 5.31. The number of halogens is 2. The van der Waals surface area contributed by atoms with Crippen molar-refractivity contribution < 1.29 is 19.4 Å². The summed E-state index contributed by atoms with van der Waals surface area (Å²) < 4.78 is 13.3. The van der Waals surface area contributed by atoms with E-state index in [9.17, 15) is 9.90 Å². The number of aromatic nitrogens is 2. The van der Waals surface area contributed by atoms with Crippen molar-refractivity contribution in [1.82, 2.24) is 19.8 Å². The van der Waals surface area contributed by atoms with Crippen LogP contribution < -0.4 is 19.7 Å². The van der Waals surface area contributed by atoms with E-state index in [0.29, 0.717) is 42.8 Å². The van der Waals surface area contributed by atoms with Gasteiger partial charge in [0.25, 0.3) is 5.91 Å². The van der Waals surface area contributed by atoms with E-state index in [1.54, 1.807) is 0 Å². The lowest BCUT2D eigenvalue weighted by Crippen LogP contribution is -2.50. The SMILES string of the molecule is Cc1cccc(N2CCN(C[C@H](O)CNC(=O)c3nc(C)n(-c4ccc5c(c4)OCCO5)c3C)CC2)c1C.Cl.Cl.